The number of nitrogens with zero attached hydrogens (tertiary/aromatic N) is 2. The Hall–Kier alpha value is -3.42. The summed E-state index contributed by atoms with van der Waals surface area (Å²) in [6, 6.07) is 11.2. The van der Waals surface area contributed by atoms with Crippen LogP contribution in [0.3, 0.4) is 0 Å². The molecule has 0 saturated heterocycles. The third kappa shape index (κ3) is 4.41. The van der Waals surface area contributed by atoms with Crippen molar-refractivity contribution in [2.24, 2.45) is 0 Å². The number of benzene rings is 2. The van der Waals surface area contributed by atoms with E-state index in [9.17, 15) is 9.18 Å². The first-order valence-corrected chi connectivity index (χ1v) is 8.04. The molecule has 0 aliphatic rings. The summed E-state index contributed by atoms with van der Waals surface area (Å²) >= 11 is 0. The molecule has 0 spiro atoms. The predicted octanol–water partition coefficient (Wildman–Crippen LogP) is 3.18. The monoisotopic (exact) mass is 372 g/mol. The van der Waals surface area contributed by atoms with Gasteiger partial charge in [-0.05, 0) is 23.8 Å². The molecule has 0 fully saturated rings. The molecular formula is C19H17FN2O5. The third-order valence-electron chi connectivity index (χ3n) is 3.77. The largest absolute Gasteiger partial charge is 0.497 e. The molecule has 8 heteroatoms. The van der Waals surface area contributed by atoms with Crippen molar-refractivity contribution < 1.29 is 27.9 Å². The van der Waals surface area contributed by atoms with Crippen molar-refractivity contribution in [2.45, 2.75) is 13.0 Å². The Kier molecular flexibility index (Phi) is 5.65. The van der Waals surface area contributed by atoms with Crippen molar-refractivity contribution in [2.75, 3.05) is 14.2 Å². The number of rotatable bonds is 7. The number of esters is 1. The van der Waals surface area contributed by atoms with E-state index in [-0.39, 0.29) is 30.3 Å². The summed E-state index contributed by atoms with van der Waals surface area (Å²) in [7, 11) is 3.07. The molecule has 0 saturated carbocycles. The molecule has 1 heterocycles. The Morgan fingerprint density at radius 1 is 1.15 bits per heavy atom. The second-order valence-electron chi connectivity index (χ2n) is 5.51. The molecule has 0 amide bonds. The van der Waals surface area contributed by atoms with Crippen LogP contribution in [0.2, 0.25) is 0 Å². The van der Waals surface area contributed by atoms with Gasteiger partial charge in [-0.1, -0.05) is 23.4 Å². The smallest absolute Gasteiger partial charge is 0.310 e. The topological polar surface area (TPSA) is 83.7 Å². The van der Waals surface area contributed by atoms with Gasteiger partial charge in [0.15, 0.2) is 6.61 Å². The molecule has 3 aromatic rings. The van der Waals surface area contributed by atoms with E-state index in [1.165, 1.54) is 19.2 Å². The number of carbonyl (C=O) groups is 1. The molecule has 0 aliphatic heterocycles. The minimum atomic E-state index is -0.595. The van der Waals surface area contributed by atoms with Crippen molar-refractivity contribution in [3.63, 3.8) is 0 Å². The van der Waals surface area contributed by atoms with E-state index in [0.29, 0.717) is 17.1 Å². The Morgan fingerprint density at radius 3 is 2.70 bits per heavy atom. The zero-order valence-corrected chi connectivity index (χ0v) is 14.8. The van der Waals surface area contributed by atoms with Gasteiger partial charge in [-0.25, -0.2) is 4.39 Å². The molecule has 0 radical (unpaired) electrons. The summed E-state index contributed by atoms with van der Waals surface area (Å²) in [6.07, 6.45) is -0.181. The van der Waals surface area contributed by atoms with Gasteiger partial charge in [0.25, 0.3) is 5.89 Å². The van der Waals surface area contributed by atoms with E-state index in [4.69, 9.17) is 18.7 Å². The third-order valence-corrected chi connectivity index (χ3v) is 3.77. The molecule has 0 aliphatic carbocycles. The van der Waals surface area contributed by atoms with E-state index < -0.39 is 11.8 Å². The molecular weight excluding hydrogens is 355 g/mol. The van der Waals surface area contributed by atoms with Crippen molar-refractivity contribution in [1.29, 1.82) is 0 Å². The number of aromatic nitrogens is 2. The van der Waals surface area contributed by atoms with Crippen molar-refractivity contribution in [3.05, 3.63) is 59.7 Å². The maximum Gasteiger partial charge on any atom is 0.310 e. The fourth-order valence-electron chi connectivity index (χ4n) is 2.40. The highest BCUT2D eigenvalue weighted by Crippen LogP contribution is 2.31. The predicted molar refractivity (Wildman–Crippen MR) is 92.7 cm³/mol. The Balaban J connectivity index is 1.65. The number of methoxy groups -OCH3 is 2. The quantitative estimate of drug-likeness (QED) is 0.589. The first-order chi connectivity index (χ1) is 13.1. The van der Waals surface area contributed by atoms with Gasteiger partial charge in [0, 0.05) is 6.07 Å². The summed E-state index contributed by atoms with van der Waals surface area (Å²) in [5.74, 6) is 0.488. The molecule has 0 N–H and O–H groups in total. The summed E-state index contributed by atoms with van der Waals surface area (Å²) < 4.78 is 34.2. The van der Waals surface area contributed by atoms with Gasteiger partial charge in [0.1, 0.15) is 17.3 Å². The number of hydrogen-bond donors (Lipinski definition) is 0. The highest BCUT2D eigenvalue weighted by molar-refractivity contribution is 5.72. The first-order valence-electron chi connectivity index (χ1n) is 8.04. The zero-order chi connectivity index (χ0) is 19.2. The average molecular weight is 372 g/mol. The van der Waals surface area contributed by atoms with E-state index in [0.717, 1.165) is 0 Å². The van der Waals surface area contributed by atoms with Crippen LogP contribution in [0.4, 0.5) is 4.39 Å². The van der Waals surface area contributed by atoms with Gasteiger partial charge in [0.05, 0.1) is 26.2 Å². The molecule has 0 bridgehead atoms. The van der Waals surface area contributed by atoms with Crippen LogP contribution in [-0.2, 0) is 22.6 Å². The van der Waals surface area contributed by atoms with Crippen LogP contribution in [0.25, 0.3) is 11.4 Å². The van der Waals surface area contributed by atoms with Crippen molar-refractivity contribution >= 4 is 5.97 Å². The average Bonchev–Trinajstić information content (AvgIpc) is 3.16. The van der Waals surface area contributed by atoms with Gasteiger partial charge in [0.2, 0.25) is 5.82 Å². The van der Waals surface area contributed by atoms with Crippen LogP contribution < -0.4 is 9.47 Å². The van der Waals surface area contributed by atoms with Crippen LogP contribution in [0, 0.1) is 5.82 Å². The standard InChI is InChI=1S/C19H17FN2O5/c1-24-13-7-8-14(16(10-13)25-2)19-21-17(27-22-19)11-26-18(23)9-12-5-3-4-6-15(12)20/h3-8,10H,9,11H2,1-2H3. The lowest BCUT2D eigenvalue weighted by atomic mass is 10.1. The molecule has 1 aromatic heterocycles. The summed E-state index contributed by atoms with van der Waals surface area (Å²) in [6.45, 7) is -0.210. The number of halogens is 1. The van der Waals surface area contributed by atoms with E-state index >= 15 is 0 Å². The van der Waals surface area contributed by atoms with Crippen LogP contribution in [0.15, 0.2) is 47.0 Å². The lowest BCUT2D eigenvalue weighted by Gasteiger charge is -2.07. The second kappa shape index (κ2) is 8.31. The molecule has 2 aromatic carbocycles. The van der Waals surface area contributed by atoms with Crippen LogP contribution in [0.1, 0.15) is 11.5 Å². The molecule has 7 nitrogen and oxygen atoms in total. The Bertz CT molecular complexity index is 941. The number of carbonyl (C=O) groups excluding carboxylic acids is 1. The van der Waals surface area contributed by atoms with Crippen LogP contribution >= 0.6 is 0 Å². The van der Waals surface area contributed by atoms with E-state index in [1.807, 2.05) is 0 Å². The lowest BCUT2D eigenvalue weighted by Crippen LogP contribution is -2.09. The summed E-state index contributed by atoms with van der Waals surface area (Å²) in [5.41, 5.74) is 0.864. The molecule has 27 heavy (non-hydrogen) atoms. The maximum atomic E-state index is 13.6. The lowest BCUT2D eigenvalue weighted by molar-refractivity contribution is -0.144. The van der Waals surface area contributed by atoms with Crippen molar-refractivity contribution in [1.82, 2.24) is 10.1 Å². The van der Waals surface area contributed by atoms with Gasteiger partial charge >= 0.3 is 5.97 Å². The first kappa shape index (κ1) is 18.4. The molecule has 0 unspecified atom stereocenters. The highest BCUT2D eigenvalue weighted by atomic mass is 19.1. The van der Waals surface area contributed by atoms with Gasteiger partial charge in [-0.15, -0.1) is 0 Å². The number of hydrogen-bond acceptors (Lipinski definition) is 7. The van der Waals surface area contributed by atoms with E-state index in [2.05, 4.69) is 10.1 Å². The second-order valence-corrected chi connectivity index (χ2v) is 5.51. The molecule has 0 atom stereocenters. The van der Waals surface area contributed by atoms with Gasteiger partial charge in [-0.3, -0.25) is 4.79 Å². The fraction of sp³-hybridized carbons (Fsp3) is 0.211. The van der Waals surface area contributed by atoms with Gasteiger partial charge in [-0.2, -0.15) is 4.98 Å². The summed E-state index contributed by atoms with van der Waals surface area (Å²) in [5, 5.41) is 3.87. The van der Waals surface area contributed by atoms with Crippen LogP contribution in [-0.4, -0.2) is 30.3 Å². The zero-order valence-electron chi connectivity index (χ0n) is 14.8. The number of ether oxygens (including phenoxy) is 3. The van der Waals surface area contributed by atoms with E-state index in [1.54, 1.807) is 37.4 Å². The minimum absolute atomic E-state index is 0.116. The highest BCUT2D eigenvalue weighted by Gasteiger charge is 2.16. The fourth-order valence-corrected chi connectivity index (χ4v) is 2.40. The minimum Gasteiger partial charge on any atom is -0.497 e. The Morgan fingerprint density at radius 2 is 1.96 bits per heavy atom. The van der Waals surface area contributed by atoms with Gasteiger partial charge < -0.3 is 18.7 Å². The Labute approximate surface area is 154 Å². The molecule has 3 rings (SSSR count). The van der Waals surface area contributed by atoms with Crippen molar-refractivity contribution in [3.8, 4) is 22.9 Å². The molecule has 140 valence electrons. The maximum absolute atomic E-state index is 13.6. The normalized spacial score (nSPS) is 10.5. The SMILES string of the molecule is COc1ccc(-c2noc(COC(=O)Cc3ccccc3F)n2)c(OC)c1. The summed E-state index contributed by atoms with van der Waals surface area (Å²) in [4.78, 5) is 16.1. The van der Waals surface area contributed by atoms with Crippen LogP contribution in [0.5, 0.6) is 11.5 Å².